The van der Waals surface area contributed by atoms with Crippen molar-refractivity contribution in [3.63, 3.8) is 0 Å². The third-order valence-corrected chi connectivity index (χ3v) is 3.86. The van der Waals surface area contributed by atoms with Crippen LogP contribution in [0.3, 0.4) is 0 Å². The molecule has 0 aliphatic rings. The van der Waals surface area contributed by atoms with Gasteiger partial charge in [0.25, 0.3) is 0 Å². The van der Waals surface area contributed by atoms with Crippen LogP contribution >= 0.6 is 0 Å². The summed E-state index contributed by atoms with van der Waals surface area (Å²) in [7, 11) is 0. The third kappa shape index (κ3) is 2.67. The number of carbonyl (C=O) groups is 1. The zero-order valence-electron chi connectivity index (χ0n) is 12.9. The highest BCUT2D eigenvalue weighted by Crippen LogP contribution is 2.16. The molecule has 3 nitrogen and oxygen atoms in total. The molecule has 0 atom stereocenters. The maximum absolute atomic E-state index is 12.4. The molecule has 0 aliphatic carbocycles. The van der Waals surface area contributed by atoms with Gasteiger partial charge in [-0.1, -0.05) is 30.7 Å². The smallest absolute Gasteiger partial charge is 0.184 e. The topological polar surface area (TPSA) is 34.9 Å². The highest BCUT2D eigenvalue weighted by atomic mass is 16.1. The molecule has 0 unspecified atom stereocenters. The van der Waals surface area contributed by atoms with Crippen LogP contribution in [0.1, 0.15) is 45.4 Å². The molecular formula is C17H22N2O. The van der Waals surface area contributed by atoms with Crippen LogP contribution in [0.4, 0.5) is 0 Å². The lowest BCUT2D eigenvalue weighted by Crippen LogP contribution is -2.14. The summed E-state index contributed by atoms with van der Waals surface area (Å²) in [6, 6.07) is 5.95. The molecule has 0 saturated heterocycles. The van der Waals surface area contributed by atoms with Crippen LogP contribution < -0.4 is 0 Å². The molecule has 0 radical (unpaired) electrons. The van der Waals surface area contributed by atoms with Crippen molar-refractivity contribution in [1.29, 1.82) is 0 Å². The monoisotopic (exact) mass is 270 g/mol. The zero-order valence-corrected chi connectivity index (χ0v) is 12.9. The van der Waals surface area contributed by atoms with E-state index in [1.165, 1.54) is 11.1 Å². The number of nitrogens with zero attached hydrogens (tertiary/aromatic N) is 2. The lowest BCUT2D eigenvalue weighted by Gasteiger charge is -2.08. The summed E-state index contributed by atoms with van der Waals surface area (Å²) in [6.45, 7) is 10.5. The van der Waals surface area contributed by atoms with Crippen molar-refractivity contribution in [3.05, 3.63) is 51.8 Å². The molecule has 3 heteroatoms. The predicted molar refractivity (Wildman–Crippen MR) is 81.3 cm³/mol. The second kappa shape index (κ2) is 5.61. The molecular weight excluding hydrogens is 248 g/mol. The Morgan fingerprint density at radius 1 is 1.20 bits per heavy atom. The van der Waals surface area contributed by atoms with Crippen molar-refractivity contribution < 1.29 is 4.79 Å². The average molecular weight is 270 g/mol. The lowest BCUT2D eigenvalue weighted by molar-refractivity contribution is 0.0966. The van der Waals surface area contributed by atoms with Crippen molar-refractivity contribution >= 4 is 5.78 Å². The number of benzene rings is 1. The molecule has 0 aliphatic heterocycles. The van der Waals surface area contributed by atoms with Gasteiger partial charge in [0.1, 0.15) is 6.54 Å². The SMILES string of the molecule is CCc1c(C)nn(CC(=O)c2ccc(C)cc2C)c1C. The van der Waals surface area contributed by atoms with Crippen LogP contribution in [0.25, 0.3) is 0 Å². The molecule has 1 aromatic heterocycles. The van der Waals surface area contributed by atoms with E-state index in [0.29, 0.717) is 6.54 Å². The van der Waals surface area contributed by atoms with Crippen molar-refractivity contribution in [3.8, 4) is 0 Å². The molecule has 1 aromatic carbocycles. The molecule has 0 N–H and O–H groups in total. The summed E-state index contributed by atoms with van der Waals surface area (Å²) >= 11 is 0. The second-order valence-corrected chi connectivity index (χ2v) is 5.40. The van der Waals surface area contributed by atoms with Gasteiger partial charge in [-0.3, -0.25) is 9.48 Å². The standard InChI is InChI=1S/C17H22N2O/c1-6-15-13(4)18-19(14(15)5)10-17(20)16-8-7-11(2)9-12(16)3/h7-9H,6,10H2,1-5H3. The Labute approximate surface area is 120 Å². The maximum Gasteiger partial charge on any atom is 0.184 e. The van der Waals surface area contributed by atoms with E-state index >= 15 is 0 Å². The van der Waals surface area contributed by atoms with E-state index in [4.69, 9.17) is 0 Å². The average Bonchev–Trinajstić information content (AvgIpc) is 2.63. The van der Waals surface area contributed by atoms with Crippen LogP contribution in [-0.2, 0) is 13.0 Å². The zero-order chi connectivity index (χ0) is 14.9. The van der Waals surface area contributed by atoms with E-state index in [2.05, 4.69) is 12.0 Å². The molecule has 0 bridgehead atoms. The van der Waals surface area contributed by atoms with E-state index in [1.54, 1.807) is 0 Å². The van der Waals surface area contributed by atoms with Gasteiger partial charge in [-0.05, 0) is 45.2 Å². The summed E-state index contributed by atoms with van der Waals surface area (Å²) in [6.07, 6.45) is 0.954. The molecule has 2 aromatic rings. The lowest BCUT2D eigenvalue weighted by atomic mass is 10.0. The highest BCUT2D eigenvalue weighted by molar-refractivity contribution is 5.97. The minimum absolute atomic E-state index is 0.121. The summed E-state index contributed by atoms with van der Waals surface area (Å²) in [5.74, 6) is 0.121. The molecule has 2 rings (SSSR count). The van der Waals surface area contributed by atoms with Gasteiger partial charge in [-0.15, -0.1) is 0 Å². The van der Waals surface area contributed by atoms with E-state index in [1.807, 2.05) is 50.6 Å². The molecule has 1 heterocycles. The van der Waals surface area contributed by atoms with Gasteiger partial charge >= 0.3 is 0 Å². The first-order valence-corrected chi connectivity index (χ1v) is 7.07. The summed E-state index contributed by atoms with van der Waals surface area (Å²) < 4.78 is 1.83. The Morgan fingerprint density at radius 3 is 2.45 bits per heavy atom. The first-order chi connectivity index (χ1) is 9.43. The van der Waals surface area contributed by atoms with Crippen molar-refractivity contribution in [2.45, 2.75) is 47.6 Å². The van der Waals surface area contributed by atoms with Gasteiger partial charge in [-0.2, -0.15) is 5.10 Å². The van der Waals surface area contributed by atoms with Gasteiger partial charge < -0.3 is 0 Å². The Balaban J connectivity index is 2.28. The Morgan fingerprint density at radius 2 is 1.90 bits per heavy atom. The quantitative estimate of drug-likeness (QED) is 0.796. The summed E-state index contributed by atoms with van der Waals surface area (Å²) in [5, 5.41) is 4.49. The van der Waals surface area contributed by atoms with Gasteiger partial charge in [0.2, 0.25) is 0 Å². The first-order valence-electron chi connectivity index (χ1n) is 7.07. The molecule has 0 amide bonds. The normalized spacial score (nSPS) is 10.8. The maximum atomic E-state index is 12.4. The fourth-order valence-corrected chi connectivity index (χ4v) is 2.75. The number of aromatic nitrogens is 2. The molecule has 0 saturated carbocycles. The number of hydrogen-bond acceptors (Lipinski definition) is 2. The van der Waals surface area contributed by atoms with Gasteiger partial charge in [0.05, 0.1) is 5.69 Å². The van der Waals surface area contributed by atoms with E-state index < -0.39 is 0 Å². The molecule has 0 fully saturated rings. The van der Waals surface area contributed by atoms with Crippen molar-refractivity contribution in [1.82, 2.24) is 9.78 Å². The third-order valence-electron chi connectivity index (χ3n) is 3.86. The number of hydrogen-bond donors (Lipinski definition) is 0. The fraction of sp³-hybridized carbons (Fsp3) is 0.412. The molecule has 20 heavy (non-hydrogen) atoms. The fourth-order valence-electron chi connectivity index (χ4n) is 2.75. The summed E-state index contributed by atoms with van der Waals surface area (Å²) in [5.41, 5.74) is 6.38. The van der Waals surface area contributed by atoms with Gasteiger partial charge in [0.15, 0.2) is 5.78 Å². The Kier molecular flexibility index (Phi) is 4.07. The molecule has 106 valence electrons. The second-order valence-electron chi connectivity index (χ2n) is 5.40. The van der Waals surface area contributed by atoms with Crippen LogP contribution in [0.15, 0.2) is 18.2 Å². The predicted octanol–water partition coefficient (Wildman–Crippen LogP) is 3.56. The van der Waals surface area contributed by atoms with Crippen LogP contribution in [0, 0.1) is 27.7 Å². The summed E-state index contributed by atoms with van der Waals surface area (Å²) in [4.78, 5) is 12.4. The van der Waals surface area contributed by atoms with E-state index in [0.717, 1.165) is 28.9 Å². The number of Topliss-reactive ketones (excluding diaryl/α,β-unsaturated/α-hetero) is 1. The number of rotatable bonds is 4. The minimum atomic E-state index is 0.121. The van der Waals surface area contributed by atoms with Crippen LogP contribution in [-0.4, -0.2) is 15.6 Å². The van der Waals surface area contributed by atoms with Crippen LogP contribution in [0.2, 0.25) is 0 Å². The Bertz CT molecular complexity index is 653. The van der Waals surface area contributed by atoms with Crippen LogP contribution in [0.5, 0.6) is 0 Å². The number of aryl methyl sites for hydroxylation is 3. The minimum Gasteiger partial charge on any atom is -0.292 e. The van der Waals surface area contributed by atoms with Gasteiger partial charge in [0, 0.05) is 11.3 Å². The number of carbonyl (C=O) groups excluding carboxylic acids is 1. The van der Waals surface area contributed by atoms with E-state index in [9.17, 15) is 4.79 Å². The Hall–Kier alpha value is -1.90. The highest BCUT2D eigenvalue weighted by Gasteiger charge is 2.15. The van der Waals surface area contributed by atoms with E-state index in [-0.39, 0.29) is 5.78 Å². The van der Waals surface area contributed by atoms with Gasteiger partial charge in [-0.25, -0.2) is 0 Å². The first kappa shape index (κ1) is 14.5. The van der Waals surface area contributed by atoms with Crippen molar-refractivity contribution in [2.24, 2.45) is 0 Å². The molecule has 0 spiro atoms. The number of ketones is 1. The van der Waals surface area contributed by atoms with Crippen molar-refractivity contribution in [2.75, 3.05) is 0 Å². The largest absolute Gasteiger partial charge is 0.292 e.